The summed E-state index contributed by atoms with van der Waals surface area (Å²) in [5.74, 6) is 0. The summed E-state index contributed by atoms with van der Waals surface area (Å²) in [5, 5.41) is 8.25. The summed E-state index contributed by atoms with van der Waals surface area (Å²) in [6.07, 6.45) is 0. The zero-order valence-electron chi connectivity index (χ0n) is 3.72. The van der Waals surface area contributed by atoms with Gasteiger partial charge < -0.3 is 9.68 Å². The third-order valence-corrected chi connectivity index (χ3v) is 0.337. The summed E-state index contributed by atoms with van der Waals surface area (Å²) in [6.45, 7) is 1.59. The van der Waals surface area contributed by atoms with Crippen LogP contribution >= 0.6 is 0 Å². The molecule has 0 aromatic heterocycles. The van der Waals surface area contributed by atoms with Crippen molar-refractivity contribution in [3.63, 3.8) is 0 Å². The highest BCUT2D eigenvalue weighted by atomic mass is 16.5. The fourth-order valence-electron chi connectivity index (χ4n) is 0.139. The molecule has 0 fully saturated rings. The molecule has 0 aliphatic rings. The van der Waals surface area contributed by atoms with Crippen LogP contribution in [0.4, 0.5) is 0 Å². The molecule has 0 heterocycles. The number of hydrogen-bond acceptors (Lipinski definition) is 2. The lowest BCUT2D eigenvalue weighted by Gasteiger charge is -1.94. The van der Waals surface area contributed by atoms with Crippen molar-refractivity contribution in [2.75, 3.05) is 6.51 Å². The van der Waals surface area contributed by atoms with Crippen molar-refractivity contribution in [3.8, 4) is 0 Å². The molecule has 0 unspecified atom stereocenters. The van der Waals surface area contributed by atoms with Crippen molar-refractivity contribution in [1.82, 2.24) is 0 Å². The van der Waals surface area contributed by atoms with Crippen LogP contribution in [0.1, 0.15) is 0 Å². The van der Waals surface area contributed by atoms with Gasteiger partial charge in [0.15, 0.2) is 0 Å². The van der Waals surface area contributed by atoms with Crippen LogP contribution in [0.3, 0.4) is 0 Å². The molecule has 4 heteroatoms. The van der Waals surface area contributed by atoms with Gasteiger partial charge in [0, 0.05) is 0 Å². The predicted molar refractivity (Wildman–Crippen MR) is 25.5 cm³/mol. The molecule has 0 aromatic carbocycles. The molecule has 0 aromatic rings. The van der Waals surface area contributed by atoms with Crippen LogP contribution in [-0.4, -0.2) is 26.5 Å². The standard InChI is InChI=1S/C2H6B2O2/c1-4(5)6-2-3/h5H,2H2,1H3. The SMILES string of the molecule is [B]COB(C)O. The van der Waals surface area contributed by atoms with E-state index >= 15 is 0 Å². The van der Waals surface area contributed by atoms with Gasteiger partial charge in [-0.1, -0.05) is 0 Å². The Balaban J connectivity index is 2.63. The molecule has 6 heavy (non-hydrogen) atoms. The fraction of sp³-hybridized carbons (Fsp3) is 1.00. The maximum absolute atomic E-state index is 8.25. The lowest BCUT2D eigenvalue weighted by atomic mass is 9.96. The topological polar surface area (TPSA) is 29.5 Å². The highest BCUT2D eigenvalue weighted by Crippen LogP contribution is 1.71. The summed E-state index contributed by atoms with van der Waals surface area (Å²) < 4.78 is 4.38. The zero-order valence-corrected chi connectivity index (χ0v) is 3.72. The molecule has 2 radical (unpaired) electrons. The first-order chi connectivity index (χ1) is 2.77. The minimum atomic E-state index is -0.727. The second kappa shape index (κ2) is 3.25. The highest BCUT2D eigenvalue weighted by Gasteiger charge is 1.96. The van der Waals surface area contributed by atoms with Crippen LogP contribution in [0.5, 0.6) is 0 Å². The van der Waals surface area contributed by atoms with Crippen molar-refractivity contribution < 1.29 is 9.68 Å². The van der Waals surface area contributed by atoms with Gasteiger partial charge in [0.25, 0.3) is 0 Å². The Morgan fingerprint density at radius 1 is 2.00 bits per heavy atom. The van der Waals surface area contributed by atoms with Crippen molar-refractivity contribution in [2.45, 2.75) is 6.82 Å². The van der Waals surface area contributed by atoms with Gasteiger partial charge in [-0.15, -0.1) is 0 Å². The van der Waals surface area contributed by atoms with Crippen molar-refractivity contribution >= 4 is 15.0 Å². The molecule has 0 atom stereocenters. The average Bonchev–Trinajstić information content (AvgIpc) is 1.35. The first kappa shape index (κ1) is 6.05. The average molecular weight is 83.7 g/mol. The van der Waals surface area contributed by atoms with Crippen LogP contribution in [0, 0.1) is 0 Å². The van der Waals surface area contributed by atoms with Crippen LogP contribution in [0.25, 0.3) is 0 Å². The van der Waals surface area contributed by atoms with E-state index in [2.05, 4.69) is 4.65 Å². The maximum atomic E-state index is 8.25. The molecule has 0 saturated carbocycles. The van der Waals surface area contributed by atoms with E-state index in [0.717, 1.165) is 0 Å². The van der Waals surface area contributed by atoms with Crippen LogP contribution in [-0.2, 0) is 4.65 Å². The molecule has 0 spiro atoms. The van der Waals surface area contributed by atoms with Gasteiger partial charge in [0.1, 0.15) is 7.85 Å². The Kier molecular flexibility index (Phi) is 3.27. The molecule has 2 nitrogen and oxygen atoms in total. The van der Waals surface area contributed by atoms with Gasteiger partial charge in [-0.3, -0.25) is 0 Å². The molecule has 0 saturated heterocycles. The largest absolute Gasteiger partial charge is 0.450 e. The fourth-order valence-corrected chi connectivity index (χ4v) is 0.139. The lowest BCUT2D eigenvalue weighted by Crippen LogP contribution is -2.12. The lowest BCUT2D eigenvalue weighted by molar-refractivity contribution is 0.315. The van der Waals surface area contributed by atoms with Crippen LogP contribution in [0.2, 0.25) is 6.82 Å². The van der Waals surface area contributed by atoms with Crippen molar-refractivity contribution in [2.24, 2.45) is 0 Å². The third kappa shape index (κ3) is 4.05. The Bertz CT molecular complexity index is 30.7. The number of rotatable bonds is 2. The monoisotopic (exact) mass is 84.1 g/mol. The van der Waals surface area contributed by atoms with Gasteiger partial charge in [-0.05, 0) is 13.3 Å². The van der Waals surface area contributed by atoms with E-state index < -0.39 is 7.12 Å². The predicted octanol–water partition coefficient (Wildman–Crippen LogP) is -0.761. The molecule has 0 bridgehead atoms. The maximum Gasteiger partial charge on any atom is 0.450 e. The molecular weight excluding hydrogens is 77.6 g/mol. The Morgan fingerprint density at radius 3 is 2.50 bits per heavy atom. The van der Waals surface area contributed by atoms with E-state index in [1.165, 1.54) is 6.82 Å². The van der Waals surface area contributed by atoms with Gasteiger partial charge in [0.2, 0.25) is 0 Å². The molecule has 1 N–H and O–H groups in total. The molecule has 0 aliphatic carbocycles. The highest BCUT2D eigenvalue weighted by molar-refractivity contribution is 6.41. The summed E-state index contributed by atoms with van der Waals surface area (Å²) in [4.78, 5) is 0. The van der Waals surface area contributed by atoms with Gasteiger partial charge in [0.05, 0.1) is 0 Å². The van der Waals surface area contributed by atoms with E-state index in [1.54, 1.807) is 0 Å². The summed E-state index contributed by atoms with van der Waals surface area (Å²) in [5.41, 5.74) is 0. The summed E-state index contributed by atoms with van der Waals surface area (Å²) in [7, 11) is 4.12. The summed E-state index contributed by atoms with van der Waals surface area (Å²) >= 11 is 0. The first-order valence-corrected chi connectivity index (χ1v) is 1.77. The molecule has 0 rings (SSSR count). The molecular formula is C2H6B2O2. The third-order valence-electron chi connectivity index (χ3n) is 0.337. The van der Waals surface area contributed by atoms with E-state index in [1.807, 2.05) is 0 Å². The van der Waals surface area contributed by atoms with Gasteiger partial charge in [-0.25, -0.2) is 0 Å². The van der Waals surface area contributed by atoms with Gasteiger partial charge in [-0.2, -0.15) is 0 Å². The van der Waals surface area contributed by atoms with Crippen LogP contribution in [0.15, 0.2) is 0 Å². The zero-order chi connectivity index (χ0) is 4.99. The van der Waals surface area contributed by atoms with E-state index in [-0.39, 0.29) is 6.51 Å². The Hall–Kier alpha value is 0.0499. The Labute approximate surface area is 39.1 Å². The molecule has 32 valence electrons. The number of hydrogen-bond donors (Lipinski definition) is 1. The second-order valence-corrected chi connectivity index (χ2v) is 0.933. The minimum Gasteiger partial charge on any atom is -0.427 e. The quantitative estimate of drug-likeness (QED) is 0.445. The smallest absolute Gasteiger partial charge is 0.427 e. The molecule has 0 aliphatic heterocycles. The molecule has 0 amide bonds. The van der Waals surface area contributed by atoms with Crippen LogP contribution < -0.4 is 0 Å². The van der Waals surface area contributed by atoms with E-state index in [4.69, 9.17) is 12.9 Å². The summed E-state index contributed by atoms with van der Waals surface area (Å²) in [6, 6.07) is 0. The first-order valence-electron chi connectivity index (χ1n) is 1.77. The minimum absolute atomic E-state index is 0.0810. The van der Waals surface area contributed by atoms with Crippen molar-refractivity contribution in [3.05, 3.63) is 0 Å². The van der Waals surface area contributed by atoms with E-state index in [0.29, 0.717) is 0 Å². The van der Waals surface area contributed by atoms with E-state index in [9.17, 15) is 0 Å². The van der Waals surface area contributed by atoms with Gasteiger partial charge >= 0.3 is 7.12 Å². The van der Waals surface area contributed by atoms with Crippen molar-refractivity contribution in [1.29, 1.82) is 0 Å². The normalized spacial score (nSPS) is 8.33. The Morgan fingerprint density at radius 2 is 2.50 bits per heavy atom. The second-order valence-electron chi connectivity index (χ2n) is 0.933.